The first kappa shape index (κ1) is 17.2. The maximum atomic E-state index is 12.8. The number of likely N-dealkylation sites (tertiary alicyclic amines) is 1. The van der Waals surface area contributed by atoms with Crippen LogP contribution in [0.4, 0.5) is 4.79 Å². The lowest BCUT2D eigenvalue weighted by Crippen LogP contribution is -2.51. The van der Waals surface area contributed by atoms with E-state index >= 15 is 0 Å². The van der Waals surface area contributed by atoms with Gasteiger partial charge in [-0.2, -0.15) is 0 Å². The van der Waals surface area contributed by atoms with Gasteiger partial charge in [0.05, 0.1) is 0 Å². The Kier molecular flexibility index (Phi) is 4.92. The maximum Gasteiger partial charge on any atom is 0.318 e. The van der Waals surface area contributed by atoms with Gasteiger partial charge < -0.3 is 15.1 Å². The molecule has 0 radical (unpaired) electrons. The molecular formula is C20H33N3O2. The van der Waals surface area contributed by atoms with Crippen molar-refractivity contribution in [1.29, 1.82) is 0 Å². The Morgan fingerprint density at radius 1 is 1.00 bits per heavy atom. The van der Waals surface area contributed by atoms with Crippen LogP contribution in [0.3, 0.4) is 0 Å². The molecule has 0 aromatic heterocycles. The summed E-state index contributed by atoms with van der Waals surface area (Å²) in [5, 5.41) is 3.24. The summed E-state index contributed by atoms with van der Waals surface area (Å²) >= 11 is 0. The lowest BCUT2D eigenvalue weighted by atomic mass is 9.88. The molecule has 1 aliphatic heterocycles. The number of rotatable bonds is 5. The molecule has 1 N–H and O–H groups in total. The number of urea groups is 1. The van der Waals surface area contributed by atoms with Crippen molar-refractivity contribution in [3.05, 3.63) is 0 Å². The first-order valence-electron chi connectivity index (χ1n) is 10.5. The quantitative estimate of drug-likeness (QED) is 0.831. The van der Waals surface area contributed by atoms with Crippen LogP contribution in [0.2, 0.25) is 0 Å². The van der Waals surface area contributed by atoms with Gasteiger partial charge >= 0.3 is 6.03 Å². The van der Waals surface area contributed by atoms with E-state index in [-0.39, 0.29) is 18.0 Å². The van der Waals surface area contributed by atoms with E-state index in [4.69, 9.17) is 0 Å². The summed E-state index contributed by atoms with van der Waals surface area (Å²) in [5.74, 6) is 1.28. The van der Waals surface area contributed by atoms with Gasteiger partial charge in [0, 0.05) is 37.1 Å². The molecule has 2 atom stereocenters. The van der Waals surface area contributed by atoms with E-state index in [1.165, 1.54) is 32.1 Å². The molecule has 0 unspecified atom stereocenters. The second-order valence-corrected chi connectivity index (χ2v) is 8.77. The molecule has 25 heavy (non-hydrogen) atoms. The van der Waals surface area contributed by atoms with Crippen LogP contribution in [-0.2, 0) is 4.79 Å². The van der Waals surface area contributed by atoms with E-state index in [1.54, 1.807) is 0 Å². The molecule has 4 fully saturated rings. The minimum atomic E-state index is 0.110. The Morgan fingerprint density at radius 3 is 2.36 bits per heavy atom. The number of hydrogen-bond acceptors (Lipinski definition) is 2. The predicted octanol–water partition coefficient (Wildman–Crippen LogP) is 3.14. The number of amides is 3. The van der Waals surface area contributed by atoms with Gasteiger partial charge in [-0.15, -0.1) is 0 Å². The highest BCUT2D eigenvalue weighted by Crippen LogP contribution is 2.39. The first-order chi connectivity index (χ1) is 12.1. The van der Waals surface area contributed by atoms with Crippen LogP contribution in [0.5, 0.6) is 0 Å². The minimum Gasteiger partial charge on any atom is -0.340 e. The molecule has 0 bridgehead atoms. The summed E-state index contributed by atoms with van der Waals surface area (Å²) in [6.07, 6.45) is 11.5. The Balaban J connectivity index is 1.29. The van der Waals surface area contributed by atoms with E-state index in [9.17, 15) is 9.59 Å². The molecule has 3 saturated carbocycles. The van der Waals surface area contributed by atoms with Gasteiger partial charge in [-0.25, -0.2) is 4.79 Å². The van der Waals surface area contributed by atoms with E-state index in [1.807, 2.05) is 4.90 Å². The average molecular weight is 348 g/mol. The topological polar surface area (TPSA) is 52.7 Å². The molecule has 4 aliphatic rings. The SMILES string of the molecule is C[C@@H](C1CC1)N(C(=O)N[C@@H]1CCN(C(=O)C2CCCCC2)C1)C1CC1. The highest BCUT2D eigenvalue weighted by Gasteiger charge is 2.42. The molecule has 3 aliphatic carbocycles. The highest BCUT2D eigenvalue weighted by atomic mass is 16.2. The summed E-state index contributed by atoms with van der Waals surface area (Å²) in [5.41, 5.74) is 0. The van der Waals surface area contributed by atoms with Crippen molar-refractivity contribution < 1.29 is 9.59 Å². The zero-order valence-corrected chi connectivity index (χ0v) is 15.6. The molecule has 0 aromatic carbocycles. The van der Waals surface area contributed by atoms with Gasteiger partial charge in [-0.05, 0) is 57.8 Å². The number of nitrogens with zero attached hydrogens (tertiary/aromatic N) is 2. The number of carbonyl (C=O) groups excluding carboxylic acids is 2. The summed E-state index contributed by atoms with van der Waals surface area (Å²) in [6, 6.07) is 1.07. The second-order valence-electron chi connectivity index (χ2n) is 8.77. The van der Waals surface area contributed by atoms with Crippen LogP contribution in [0.15, 0.2) is 0 Å². The molecule has 4 rings (SSSR count). The Labute approximate surface area is 151 Å². The van der Waals surface area contributed by atoms with Crippen molar-refractivity contribution >= 4 is 11.9 Å². The number of nitrogens with one attached hydrogen (secondary N) is 1. The molecule has 1 saturated heterocycles. The molecule has 140 valence electrons. The van der Waals surface area contributed by atoms with Crippen molar-refractivity contribution in [2.75, 3.05) is 13.1 Å². The molecule has 0 aromatic rings. The van der Waals surface area contributed by atoms with Crippen LogP contribution < -0.4 is 5.32 Å². The van der Waals surface area contributed by atoms with Gasteiger partial charge in [0.25, 0.3) is 0 Å². The van der Waals surface area contributed by atoms with Crippen LogP contribution in [0.1, 0.15) is 71.1 Å². The zero-order valence-electron chi connectivity index (χ0n) is 15.6. The van der Waals surface area contributed by atoms with Crippen LogP contribution >= 0.6 is 0 Å². The van der Waals surface area contributed by atoms with E-state index in [0.29, 0.717) is 30.5 Å². The molecular weight excluding hydrogens is 314 g/mol. The standard InChI is InChI=1S/C20H33N3O2/c1-14(15-7-8-15)23(18-9-10-18)20(25)21-17-11-12-22(13-17)19(24)16-5-3-2-4-6-16/h14-18H,2-13H2,1H3,(H,21,25)/t14-,17+/m0/s1. The normalized spacial score (nSPS) is 28.7. The average Bonchev–Trinajstić information content (AvgIpc) is 3.54. The van der Waals surface area contributed by atoms with Gasteiger partial charge in [-0.1, -0.05) is 19.3 Å². The molecule has 5 heteroatoms. The van der Waals surface area contributed by atoms with Crippen LogP contribution in [0.25, 0.3) is 0 Å². The molecule has 5 nitrogen and oxygen atoms in total. The van der Waals surface area contributed by atoms with Gasteiger partial charge in [0.1, 0.15) is 0 Å². The second kappa shape index (κ2) is 7.16. The van der Waals surface area contributed by atoms with Crippen molar-refractivity contribution in [3.63, 3.8) is 0 Å². The molecule has 1 heterocycles. The fourth-order valence-electron chi connectivity index (χ4n) is 4.78. The summed E-state index contributed by atoms with van der Waals surface area (Å²) in [4.78, 5) is 29.7. The molecule has 3 amide bonds. The molecule has 0 spiro atoms. The summed E-state index contributed by atoms with van der Waals surface area (Å²) in [7, 11) is 0. The van der Waals surface area contributed by atoms with Gasteiger partial charge in [0.2, 0.25) is 5.91 Å². The third kappa shape index (κ3) is 3.95. The summed E-state index contributed by atoms with van der Waals surface area (Å²) in [6.45, 7) is 3.72. The third-order valence-electron chi connectivity index (χ3n) is 6.70. The van der Waals surface area contributed by atoms with Crippen molar-refractivity contribution in [2.24, 2.45) is 11.8 Å². The van der Waals surface area contributed by atoms with Crippen LogP contribution in [0, 0.1) is 11.8 Å². The number of carbonyl (C=O) groups is 2. The van der Waals surface area contributed by atoms with Crippen molar-refractivity contribution in [1.82, 2.24) is 15.1 Å². The monoisotopic (exact) mass is 347 g/mol. The smallest absolute Gasteiger partial charge is 0.318 e. The van der Waals surface area contributed by atoms with Gasteiger partial charge in [-0.3, -0.25) is 4.79 Å². The predicted molar refractivity (Wildman–Crippen MR) is 97.1 cm³/mol. The van der Waals surface area contributed by atoms with Gasteiger partial charge in [0.15, 0.2) is 0 Å². The summed E-state index contributed by atoms with van der Waals surface area (Å²) < 4.78 is 0. The lowest BCUT2D eigenvalue weighted by molar-refractivity contribution is -0.135. The van der Waals surface area contributed by atoms with Crippen molar-refractivity contribution in [3.8, 4) is 0 Å². The first-order valence-corrected chi connectivity index (χ1v) is 10.5. The Hall–Kier alpha value is -1.26. The van der Waals surface area contributed by atoms with Crippen molar-refractivity contribution in [2.45, 2.75) is 89.3 Å². The fraction of sp³-hybridized carbons (Fsp3) is 0.900. The third-order valence-corrected chi connectivity index (χ3v) is 6.70. The maximum absolute atomic E-state index is 12.8. The lowest BCUT2D eigenvalue weighted by Gasteiger charge is -2.31. The fourth-order valence-corrected chi connectivity index (χ4v) is 4.78. The Morgan fingerprint density at radius 2 is 1.72 bits per heavy atom. The Bertz CT molecular complexity index is 509. The minimum absolute atomic E-state index is 0.110. The van der Waals surface area contributed by atoms with E-state index in [0.717, 1.165) is 38.6 Å². The van der Waals surface area contributed by atoms with E-state index in [2.05, 4.69) is 17.1 Å². The largest absolute Gasteiger partial charge is 0.340 e. The van der Waals surface area contributed by atoms with Crippen LogP contribution in [-0.4, -0.2) is 53.0 Å². The zero-order chi connectivity index (χ0) is 17.4. The number of hydrogen-bond donors (Lipinski definition) is 1. The highest BCUT2D eigenvalue weighted by molar-refractivity contribution is 5.80. The van der Waals surface area contributed by atoms with E-state index < -0.39 is 0 Å².